The smallest absolute Gasteiger partial charge is 0.232 e. The molecule has 4 rings (SSSR count). The number of benzene rings is 2. The highest BCUT2D eigenvalue weighted by Gasteiger charge is 2.35. The Bertz CT molecular complexity index is 951. The lowest BCUT2D eigenvalue weighted by Crippen LogP contribution is -2.25. The van der Waals surface area contributed by atoms with Crippen LogP contribution in [0.15, 0.2) is 53.1 Å². The Morgan fingerprint density at radius 2 is 1.92 bits per heavy atom. The minimum Gasteiger partial charge on any atom is -0.496 e. The van der Waals surface area contributed by atoms with Crippen molar-refractivity contribution in [2.75, 3.05) is 18.6 Å². The van der Waals surface area contributed by atoms with E-state index in [0.717, 1.165) is 16.8 Å². The molecule has 6 heteroatoms. The fourth-order valence-corrected chi connectivity index (χ4v) is 3.31. The van der Waals surface area contributed by atoms with Crippen LogP contribution in [0.4, 0.5) is 5.69 Å². The first-order chi connectivity index (χ1) is 12.7. The van der Waals surface area contributed by atoms with E-state index in [2.05, 4.69) is 10.1 Å². The lowest BCUT2D eigenvalue weighted by Gasteiger charge is -2.18. The van der Waals surface area contributed by atoms with Gasteiger partial charge in [0.25, 0.3) is 0 Å². The highest BCUT2D eigenvalue weighted by atomic mass is 16.5. The van der Waals surface area contributed by atoms with Crippen LogP contribution in [0.2, 0.25) is 0 Å². The second-order valence-corrected chi connectivity index (χ2v) is 6.35. The van der Waals surface area contributed by atoms with Crippen LogP contribution in [0.1, 0.15) is 23.8 Å². The number of hydrogen-bond donors (Lipinski definition) is 0. The molecule has 0 N–H and O–H groups in total. The molecule has 1 saturated heterocycles. The molecule has 0 radical (unpaired) electrons. The lowest BCUT2D eigenvalue weighted by atomic mass is 10.1. The maximum Gasteiger partial charge on any atom is 0.232 e. The summed E-state index contributed by atoms with van der Waals surface area (Å²) in [6, 6.07) is 15.4. The van der Waals surface area contributed by atoms with E-state index in [0.29, 0.717) is 30.4 Å². The van der Waals surface area contributed by atoms with Gasteiger partial charge < -0.3 is 14.2 Å². The second kappa shape index (κ2) is 6.63. The van der Waals surface area contributed by atoms with Crippen molar-refractivity contribution in [2.24, 2.45) is 0 Å². The molecule has 1 aliphatic rings. The normalized spacial score (nSPS) is 16.9. The Balaban J connectivity index is 1.59. The maximum absolute atomic E-state index is 12.5. The minimum atomic E-state index is -0.113. The van der Waals surface area contributed by atoms with E-state index in [1.807, 2.05) is 55.5 Å². The Morgan fingerprint density at radius 1 is 1.15 bits per heavy atom. The molecule has 1 aromatic heterocycles. The molecular weight excluding hydrogens is 330 g/mol. The summed E-state index contributed by atoms with van der Waals surface area (Å²) in [5.74, 6) is 1.60. The highest BCUT2D eigenvalue weighted by Crippen LogP contribution is 2.34. The van der Waals surface area contributed by atoms with Gasteiger partial charge in [-0.2, -0.15) is 4.98 Å². The Labute approximate surface area is 151 Å². The van der Waals surface area contributed by atoms with E-state index >= 15 is 0 Å². The molecule has 0 aliphatic carbocycles. The molecule has 3 aromatic rings. The number of anilines is 1. The van der Waals surface area contributed by atoms with Gasteiger partial charge in [-0.05, 0) is 30.7 Å². The van der Waals surface area contributed by atoms with Crippen LogP contribution < -0.4 is 9.64 Å². The fourth-order valence-electron chi connectivity index (χ4n) is 3.31. The summed E-state index contributed by atoms with van der Waals surface area (Å²) < 4.78 is 10.8. The molecule has 1 fully saturated rings. The van der Waals surface area contributed by atoms with Crippen molar-refractivity contribution in [3.8, 4) is 17.1 Å². The number of aryl methyl sites for hydroxylation is 1. The molecule has 0 saturated carbocycles. The summed E-state index contributed by atoms with van der Waals surface area (Å²) in [6.07, 6.45) is 0.363. The summed E-state index contributed by atoms with van der Waals surface area (Å²) in [5, 5.41) is 4.08. The van der Waals surface area contributed by atoms with Crippen molar-refractivity contribution in [1.82, 2.24) is 10.1 Å². The molecule has 1 amide bonds. The molecule has 0 spiro atoms. The van der Waals surface area contributed by atoms with Crippen molar-refractivity contribution >= 4 is 11.6 Å². The third kappa shape index (κ3) is 2.83. The first kappa shape index (κ1) is 16.3. The number of carbonyl (C=O) groups excluding carboxylic acids is 1. The van der Waals surface area contributed by atoms with Gasteiger partial charge in [-0.25, -0.2) is 0 Å². The van der Waals surface area contributed by atoms with E-state index in [1.165, 1.54) is 0 Å². The van der Waals surface area contributed by atoms with Gasteiger partial charge in [-0.1, -0.05) is 35.5 Å². The Kier molecular flexibility index (Phi) is 4.16. The van der Waals surface area contributed by atoms with Gasteiger partial charge in [0.1, 0.15) is 5.75 Å². The third-order valence-electron chi connectivity index (χ3n) is 4.67. The van der Waals surface area contributed by atoms with Crippen LogP contribution in [0.3, 0.4) is 0 Å². The molecule has 2 aromatic carbocycles. The number of carbonyl (C=O) groups is 1. The van der Waals surface area contributed by atoms with Gasteiger partial charge >= 0.3 is 0 Å². The maximum atomic E-state index is 12.5. The predicted molar refractivity (Wildman–Crippen MR) is 97.2 cm³/mol. The Morgan fingerprint density at radius 3 is 2.73 bits per heavy atom. The fraction of sp³-hybridized carbons (Fsp3) is 0.250. The molecule has 0 bridgehead atoms. The van der Waals surface area contributed by atoms with E-state index in [-0.39, 0.29) is 11.8 Å². The SMILES string of the molecule is COc1ccccc1-c1noc(C2CC(=O)N(c3ccccc3C)C2)n1. The first-order valence-electron chi connectivity index (χ1n) is 8.50. The average molecular weight is 349 g/mol. The van der Waals surface area contributed by atoms with Crippen LogP contribution in [0.5, 0.6) is 5.75 Å². The average Bonchev–Trinajstić information content (AvgIpc) is 3.29. The Hall–Kier alpha value is -3.15. The van der Waals surface area contributed by atoms with Crippen molar-refractivity contribution < 1.29 is 14.1 Å². The van der Waals surface area contributed by atoms with Gasteiger partial charge in [0.15, 0.2) is 0 Å². The zero-order chi connectivity index (χ0) is 18.1. The number of rotatable bonds is 4. The van der Waals surface area contributed by atoms with E-state index < -0.39 is 0 Å². The molecule has 1 atom stereocenters. The van der Waals surface area contributed by atoms with Gasteiger partial charge in [-0.15, -0.1) is 0 Å². The monoisotopic (exact) mass is 349 g/mol. The quantitative estimate of drug-likeness (QED) is 0.720. The van der Waals surface area contributed by atoms with Crippen LogP contribution in [0.25, 0.3) is 11.4 Å². The van der Waals surface area contributed by atoms with Crippen LogP contribution in [-0.4, -0.2) is 29.7 Å². The zero-order valence-corrected chi connectivity index (χ0v) is 14.7. The minimum absolute atomic E-state index is 0.0707. The summed E-state index contributed by atoms with van der Waals surface area (Å²) >= 11 is 0. The van der Waals surface area contributed by atoms with Gasteiger partial charge in [0, 0.05) is 18.7 Å². The van der Waals surface area contributed by atoms with Crippen LogP contribution in [0, 0.1) is 6.92 Å². The van der Waals surface area contributed by atoms with Gasteiger partial charge in [0.2, 0.25) is 17.6 Å². The zero-order valence-electron chi connectivity index (χ0n) is 14.7. The summed E-state index contributed by atoms with van der Waals surface area (Å²) in [7, 11) is 1.61. The van der Waals surface area contributed by atoms with Crippen molar-refractivity contribution in [1.29, 1.82) is 0 Å². The molecule has 132 valence electrons. The number of amides is 1. The first-order valence-corrected chi connectivity index (χ1v) is 8.50. The summed E-state index contributed by atoms with van der Waals surface area (Å²) in [5.41, 5.74) is 2.77. The number of ether oxygens (including phenoxy) is 1. The highest BCUT2D eigenvalue weighted by molar-refractivity contribution is 5.97. The number of para-hydroxylation sites is 2. The topological polar surface area (TPSA) is 68.5 Å². The lowest BCUT2D eigenvalue weighted by molar-refractivity contribution is -0.117. The third-order valence-corrected chi connectivity index (χ3v) is 4.67. The number of methoxy groups -OCH3 is 1. The van der Waals surface area contributed by atoms with Crippen molar-refractivity contribution in [2.45, 2.75) is 19.3 Å². The number of aromatic nitrogens is 2. The summed E-state index contributed by atoms with van der Waals surface area (Å²) in [4.78, 5) is 18.8. The number of hydrogen-bond acceptors (Lipinski definition) is 5. The van der Waals surface area contributed by atoms with E-state index in [9.17, 15) is 4.79 Å². The van der Waals surface area contributed by atoms with Crippen LogP contribution >= 0.6 is 0 Å². The second-order valence-electron chi connectivity index (χ2n) is 6.35. The van der Waals surface area contributed by atoms with Gasteiger partial charge in [0.05, 0.1) is 18.6 Å². The molecular formula is C20H19N3O3. The van der Waals surface area contributed by atoms with Crippen molar-refractivity contribution in [3.63, 3.8) is 0 Å². The van der Waals surface area contributed by atoms with Crippen molar-refractivity contribution in [3.05, 3.63) is 60.0 Å². The van der Waals surface area contributed by atoms with E-state index in [1.54, 1.807) is 12.0 Å². The summed E-state index contributed by atoms with van der Waals surface area (Å²) in [6.45, 7) is 2.54. The molecule has 1 aliphatic heterocycles. The predicted octanol–water partition coefficient (Wildman–Crippen LogP) is 3.57. The molecule has 26 heavy (non-hydrogen) atoms. The molecule has 1 unspecified atom stereocenters. The molecule has 2 heterocycles. The van der Waals surface area contributed by atoms with Crippen LogP contribution in [-0.2, 0) is 4.79 Å². The number of nitrogens with zero attached hydrogens (tertiary/aromatic N) is 3. The molecule has 6 nitrogen and oxygen atoms in total. The largest absolute Gasteiger partial charge is 0.496 e. The standard InChI is InChI=1S/C20H19N3O3/c1-13-7-3-5-9-16(13)23-12-14(11-18(23)24)20-21-19(22-26-20)15-8-4-6-10-17(15)25-2/h3-10,14H,11-12H2,1-2H3. The van der Waals surface area contributed by atoms with Gasteiger partial charge in [-0.3, -0.25) is 4.79 Å². The van der Waals surface area contributed by atoms with E-state index in [4.69, 9.17) is 9.26 Å².